The zero-order chi connectivity index (χ0) is 27.0. The minimum atomic E-state index is -3.16. The zero-order valence-electron chi connectivity index (χ0n) is 21.5. The SMILES string of the molecule is COc1cccc(-c2cc(C(=O)Nc3ccc(OC)cc3OC)c3c(C)nn(C4CCS(=O)(=O)C4)c3n2)c1. The second kappa shape index (κ2) is 9.97. The number of fused-ring (bicyclic) bond motifs is 1. The van der Waals surface area contributed by atoms with Gasteiger partial charge in [0.2, 0.25) is 0 Å². The molecular weight excluding hydrogens is 508 g/mol. The summed E-state index contributed by atoms with van der Waals surface area (Å²) in [7, 11) is 1.48. The van der Waals surface area contributed by atoms with Gasteiger partial charge in [-0.2, -0.15) is 5.10 Å². The molecule has 3 heterocycles. The Morgan fingerprint density at radius 2 is 1.79 bits per heavy atom. The summed E-state index contributed by atoms with van der Waals surface area (Å²) in [6.45, 7) is 1.79. The lowest BCUT2D eigenvalue weighted by Crippen LogP contribution is -2.15. The highest BCUT2D eigenvalue weighted by Crippen LogP contribution is 2.34. The third kappa shape index (κ3) is 4.76. The second-order valence-electron chi connectivity index (χ2n) is 9.09. The lowest BCUT2D eigenvalue weighted by Gasteiger charge is -2.14. The Morgan fingerprint density at radius 3 is 2.47 bits per heavy atom. The van der Waals surface area contributed by atoms with Crippen molar-refractivity contribution in [2.75, 3.05) is 38.2 Å². The molecule has 10 nitrogen and oxygen atoms in total. The van der Waals surface area contributed by atoms with Crippen molar-refractivity contribution in [3.63, 3.8) is 0 Å². The Bertz CT molecular complexity index is 1650. The van der Waals surface area contributed by atoms with Gasteiger partial charge in [-0.25, -0.2) is 18.1 Å². The quantitative estimate of drug-likeness (QED) is 0.376. The maximum absolute atomic E-state index is 13.8. The number of nitrogens with zero attached hydrogens (tertiary/aromatic N) is 3. The number of methoxy groups -OCH3 is 3. The first kappa shape index (κ1) is 25.5. The molecule has 1 atom stereocenters. The van der Waals surface area contributed by atoms with E-state index in [9.17, 15) is 13.2 Å². The van der Waals surface area contributed by atoms with Crippen LogP contribution in [0.25, 0.3) is 22.3 Å². The number of anilines is 1. The van der Waals surface area contributed by atoms with Gasteiger partial charge in [-0.1, -0.05) is 12.1 Å². The van der Waals surface area contributed by atoms with Gasteiger partial charge < -0.3 is 19.5 Å². The molecular formula is C27H28N4O6S. The van der Waals surface area contributed by atoms with Gasteiger partial charge in [-0.3, -0.25) is 4.79 Å². The first-order valence-electron chi connectivity index (χ1n) is 12.0. The van der Waals surface area contributed by atoms with Crippen molar-refractivity contribution in [2.24, 2.45) is 0 Å². The fraction of sp³-hybridized carbons (Fsp3) is 0.296. The van der Waals surface area contributed by atoms with E-state index in [1.165, 1.54) is 7.11 Å². The first-order chi connectivity index (χ1) is 18.2. The van der Waals surface area contributed by atoms with Gasteiger partial charge in [-0.05, 0) is 43.7 Å². The number of sulfone groups is 1. The molecule has 4 aromatic rings. The summed E-state index contributed by atoms with van der Waals surface area (Å²) in [5, 5.41) is 8.15. The molecule has 0 spiro atoms. The number of pyridine rings is 1. The van der Waals surface area contributed by atoms with Crippen molar-refractivity contribution in [1.29, 1.82) is 0 Å². The van der Waals surface area contributed by atoms with E-state index in [4.69, 9.17) is 19.2 Å². The normalized spacial score (nSPS) is 16.4. The van der Waals surface area contributed by atoms with E-state index in [1.807, 2.05) is 24.3 Å². The molecule has 1 unspecified atom stereocenters. The predicted molar refractivity (Wildman–Crippen MR) is 144 cm³/mol. The fourth-order valence-electron chi connectivity index (χ4n) is 4.74. The smallest absolute Gasteiger partial charge is 0.256 e. The van der Waals surface area contributed by atoms with Crippen LogP contribution in [0.4, 0.5) is 5.69 Å². The van der Waals surface area contributed by atoms with Crippen LogP contribution >= 0.6 is 0 Å². The van der Waals surface area contributed by atoms with Crippen molar-refractivity contribution < 1.29 is 27.4 Å². The van der Waals surface area contributed by atoms with E-state index in [0.29, 0.717) is 57.3 Å². The van der Waals surface area contributed by atoms with Crippen LogP contribution in [0, 0.1) is 6.92 Å². The van der Waals surface area contributed by atoms with Crippen LogP contribution in [0.5, 0.6) is 17.2 Å². The summed E-state index contributed by atoms with van der Waals surface area (Å²) >= 11 is 0. The third-order valence-corrected chi connectivity index (χ3v) is 8.41. The molecule has 198 valence electrons. The van der Waals surface area contributed by atoms with Crippen LogP contribution in [0.1, 0.15) is 28.5 Å². The molecule has 2 aromatic heterocycles. The Balaban J connectivity index is 1.67. The van der Waals surface area contributed by atoms with Gasteiger partial charge in [0.1, 0.15) is 17.2 Å². The molecule has 1 amide bonds. The fourth-order valence-corrected chi connectivity index (χ4v) is 6.43. The summed E-state index contributed by atoms with van der Waals surface area (Å²) in [5.41, 5.74) is 3.14. The average molecular weight is 537 g/mol. The molecule has 0 aliphatic carbocycles. The molecule has 0 saturated carbocycles. The molecule has 1 fully saturated rings. The molecule has 11 heteroatoms. The van der Waals surface area contributed by atoms with E-state index in [2.05, 4.69) is 10.4 Å². The molecule has 0 bridgehead atoms. The standard InChI is InChI=1S/C27H28N4O6S/c1-16-25-21(27(32)29-22-9-8-20(36-3)13-24(22)37-4)14-23(17-6-5-7-19(12-17)35-2)28-26(25)31(30-16)18-10-11-38(33,34)15-18/h5-9,12-14,18H,10-11,15H2,1-4H3,(H,29,32). The summed E-state index contributed by atoms with van der Waals surface area (Å²) < 4.78 is 42.2. The van der Waals surface area contributed by atoms with Crippen LogP contribution in [-0.4, -0.2) is 61.9 Å². The summed E-state index contributed by atoms with van der Waals surface area (Å²) in [5.74, 6) is 1.38. The molecule has 2 aromatic carbocycles. The molecule has 1 N–H and O–H groups in total. The van der Waals surface area contributed by atoms with Gasteiger partial charge >= 0.3 is 0 Å². The minimum Gasteiger partial charge on any atom is -0.497 e. The minimum absolute atomic E-state index is 0.0150. The van der Waals surface area contributed by atoms with Crippen LogP contribution in [0.15, 0.2) is 48.5 Å². The second-order valence-corrected chi connectivity index (χ2v) is 11.3. The number of aromatic nitrogens is 3. The number of hydrogen-bond donors (Lipinski definition) is 1. The van der Waals surface area contributed by atoms with E-state index >= 15 is 0 Å². The summed E-state index contributed by atoms with van der Waals surface area (Å²) in [4.78, 5) is 18.6. The molecule has 1 aliphatic heterocycles. The summed E-state index contributed by atoms with van der Waals surface area (Å²) in [6.07, 6.45) is 0.439. The number of hydrogen-bond acceptors (Lipinski definition) is 8. The van der Waals surface area contributed by atoms with E-state index in [-0.39, 0.29) is 23.5 Å². The van der Waals surface area contributed by atoms with Gasteiger partial charge in [0.05, 0.1) is 66.9 Å². The first-order valence-corrected chi connectivity index (χ1v) is 13.8. The largest absolute Gasteiger partial charge is 0.497 e. The van der Waals surface area contributed by atoms with E-state index in [1.54, 1.807) is 50.1 Å². The highest BCUT2D eigenvalue weighted by molar-refractivity contribution is 7.91. The molecule has 1 aliphatic rings. The van der Waals surface area contributed by atoms with Crippen molar-refractivity contribution >= 4 is 32.5 Å². The van der Waals surface area contributed by atoms with Crippen molar-refractivity contribution in [1.82, 2.24) is 14.8 Å². The van der Waals surface area contributed by atoms with E-state index < -0.39 is 9.84 Å². The maximum atomic E-state index is 13.8. The number of amides is 1. The van der Waals surface area contributed by atoms with Gasteiger partial charge in [0.25, 0.3) is 5.91 Å². The zero-order valence-corrected chi connectivity index (χ0v) is 22.3. The number of carbonyl (C=O) groups is 1. The number of nitrogens with one attached hydrogen (secondary N) is 1. The van der Waals surface area contributed by atoms with Crippen LogP contribution in [-0.2, 0) is 9.84 Å². The molecule has 5 rings (SSSR count). The molecule has 0 radical (unpaired) electrons. The Kier molecular flexibility index (Phi) is 6.70. The predicted octanol–water partition coefficient (Wildman–Crippen LogP) is 4.04. The topological polar surface area (TPSA) is 122 Å². The van der Waals surface area contributed by atoms with Crippen molar-refractivity contribution in [3.8, 4) is 28.5 Å². The van der Waals surface area contributed by atoms with E-state index in [0.717, 1.165) is 5.56 Å². The highest BCUT2D eigenvalue weighted by Gasteiger charge is 2.32. The molecule has 38 heavy (non-hydrogen) atoms. The summed E-state index contributed by atoms with van der Waals surface area (Å²) in [6, 6.07) is 13.8. The van der Waals surface area contributed by atoms with Gasteiger partial charge in [0.15, 0.2) is 15.5 Å². The van der Waals surface area contributed by atoms with Gasteiger partial charge in [0, 0.05) is 11.6 Å². The maximum Gasteiger partial charge on any atom is 0.256 e. The number of ether oxygens (including phenoxy) is 3. The van der Waals surface area contributed by atoms with Crippen LogP contribution in [0.3, 0.4) is 0 Å². The lowest BCUT2D eigenvalue weighted by atomic mass is 10.0. The molecule has 1 saturated heterocycles. The number of aryl methyl sites for hydroxylation is 1. The number of carbonyl (C=O) groups excluding carboxylic acids is 1. The van der Waals surface area contributed by atoms with Crippen LogP contribution < -0.4 is 19.5 Å². The Hall–Kier alpha value is -4.12. The van der Waals surface area contributed by atoms with Crippen molar-refractivity contribution in [3.05, 3.63) is 59.8 Å². The number of rotatable bonds is 7. The third-order valence-electron chi connectivity index (χ3n) is 6.66. The lowest BCUT2D eigenvalue weighted by molar-refractivity contribution is 0.102. The Morgan fingerprint density at radius 1 is 1.03 bits per heavy atom. The Labute approximate surface area is 220 Å². The highest BCUT2D eigenvalue weighted by atomic mass is 32.2. The van der Waals surface area contributed by atoms with Crippen molar-refractivity contribution in [2.45, 2.75) is 19.4 Å². The number of benzene rings is 2. The average Bonchev–Trinajstić information content (AvgIpc) is 3.46. The van der Waals surface area contributed by atoms with Gasteiger partial charge in [-0.15, -0.1) is 0 Å². The van der Waals surface area contributed by atoms with Crippen LogP contribution in [0.2, 0.25) is 0 Å². The monoisotopic (exact) mass is 536 g/mol.